The Hall–Kier alpha value is -0.870. The average molecular weight is 169 g/mol. The lowest BCUT2D eigenvalue weighted by Crippen LogP contribution is -2.23. The number of aryl methyl sites for hydroxylation is 1. The van der Waals surface area contributed by atoms with Crippen molar-refractivity contribution in [1.82, 2.24) is 14.5 Å². The fraction of sp³-hybridized carbons (Fsp3) is 0.625. The highest BCUT2D eigenvalue weighted by atomic mass is 16.3. The number of hydrogen-bond donors (Lipinski definition) is 1. The number of aliphatic hydroxyl groups is 1. The molecule has 0 saturated heterocycles. The largest absolute Gasteiger partial charge is 0.395 e. The van der Waals surface area contributed by atoms with Crippen LogP contribution in [-0.4, -0.2) is 39.8 Å². The highest BCUT2D eigenvalue weighted by molar-refractivity contribution is 4.90. The second-order valence-corrected chi connectivity index (χ2v) is 2.92. The fourth-order valence-electron chi connectivity index (χ4n) is 1.04. The fourth-order valence-corrected chi connectivity index (χ4v) is 1.04. The molecule has 0 aliphatic rings. The van der Waals surface area contributed by atoms with Gasteiger partial charge in [0.15, 0.2) is 0 Å². The molecule has 1 N–H and O–H groups in total. The molecule has 68 valence electrons. The first-order valence-electron chi connectivity index (χ1n) is 3.99. The van der Waals surface area contributed by atoms with Crippen LogP contribution in [-0.2, 0) is 13.6 Å². The minimum Gasteiger partial charge on any atom is -0.395 e. The Morgan fingerprint density at radius 1 is 1.67 bits per heavy atom. The van der Waals surface area contributed by atoms with Crippen LogP contribution in [0.1, 0.15) is 5.82 Å². The van der Waals surface area contributed by atoms with Gasteiger partial charge in [0.05, 0.1) is 13.2 Å². The molecule has 1 aromatic rings. The molecular weight excluding hydrogens is 154 g/mol. The summed E-state index contributed by atoms with van der Waals surface area (Å²) >= 11 is 0. The van der Waals surface area contributed by atoms with Crippen molar-refractivity contribution < 1.29 is 5.11 Å². The maximum Gasteiger partial charge on any atom is 0.122 e. The Morgan fingerprint density at radius 3 is 2.92 bits per heavy atom. The van der Waals surface area contributed by atoms with Gasteiger partial charge in [0.2, 0.25) is 0 Å². The lowest BCUT2D eigenvalue weighted by Gasteiger charge is -2.13. The van der Waals surface area contributed by atoms with Crippen molar-refractivity contribution in [2.24, 2.45) is 7.05 Å². The molecule has 0 spiro atoms. The summed E-state index contributed by atoms with van der Waals surface area (Å²) in [4.78, 5) is 6.21. The quantitative estimate of drug-likeness (QED) is 0.681. The van der Waals surface area contributed by atoms with Gasteiger partial charge < -0.3 is 9.67 Å². The van der Waals surface area contributed by atoms with Crippen molar-refractivity contribution in [2.45, 2.75) is 6.54 Å². The van der Waals surface area contributed by atoms with Gasteiger partial charge in [-0.1, -0.05) is 0 Å². The smallest absolute Gasteiger partial charge is 0.122 e. The van der Waals surface area contributed by atoms with E-state index >= 15 is 0 Å². The van der Waals surface area contributed by atoms with Crippen LogP contribution < -0.4 is 0 Å². The SMILES string of the molecule is CN(CCO)Cc1nccn1C. The molecule has 0 radical (unpaired) electrons. The predicted octanol–water partition coefficient (Wildman–Crippen LogP) is -0.156. The molecule has 0 aliphatic carbocycles. The molecule has 0 saturated carbocycles. The number of likely N-dealkylation sites (N-methyl/N-ethyl adjacent to an activating group) is 1. The normalized spacial score (nSPS) is 11.0. The van der Waals surface area contributed by atoms with Crippen LogP contribution in [0.15, 0.2) is 12.4 Å². The lowest BCUT2D eigenvalue weighted by atomic mass is 10.5. The molecule has 0 aromatic carbocycles. The van der Waals surface area contributed by atoms with E-state index in [0.717, 1.165) is 12.4 Å². The molecule has 4 heteroatoms. The maximum absolute atomic E-state index is 8.67. The van der Waals surface area contributed by atoms with Gasteiger partial charge in [0, 0.05) is 26.0 Å². The van der Waals surface area contributed by atoms with Crippen LogP contribution in [0.5, 0.6) is 0 Å². The molecular formula is C8H15N3O. The Morgan fingerprint density at radius 2 is 2.42 bits per heavy atom. The Balaban J connectivity index is 2.46. The van der Waals surface area contributed by atoms with E-state index in [1.165, 1.54) is 0 Å². The van der Waals surface area contributed by atoms with E-state index in [9.17, 15) is 0 Å². The number of imidazole rings is 1. The summed E-state index contributed by atoms with van der Waals surface area (Å²) in [6, 6.07) is 0. The molecule has 0 fully saturated rings. The third-order valence-electron chi connectivity index (χ3n) is 1.81. The van der Waals surface area contributed by atoms with Gasteiger partial charge in [-0.15, -0.1) is 0 Å². The van der Waals surface area contributed by atoms with E-state index in [4.69, 9.17) is 5.11 Å². The van der Waals surface area contributed by atoms with E-state index in [1.807, 2.05) is 29.8 Å². The molecule has 12 heavy (non-hydrogen) atoms. The van der Waals surface area contributed by atoms with Crippen LogP contribution in [0.3, 0.4) is 0 Å². The third-order valence-corrected chi connectivity index (χ3v) is 1.81. The van der Waals surface area contributed by atoms with Crippen LogP contribution in [0.2, 0.25) is 0 Å². The van der Waals surface area contributed by atoms with Gasteiger partial charge in [0.25, 0.3) is 0 Å². The van der Waals surface area contributed by atoms with E-state index in [1.54, 1.807) is 6.20 Å². The predicted molar refractivity (Wildman–Crippen MR) is 46.6 cm³/mol. The number of aromatic nitrogens is 2. The molecule has 1 rings (SSSR count). The second-order valence-electron chi connectivity index (χ2n) is 2.92. The zero-order valence-corrected chi connectivity index (χ0v) is 7.56. The first kappa shape index (κ1) is 9.22. The monoisotopic (exact) mass is 169 g/mol. The number of aliphatic hydroxyl groups excluding tert-OH is 1. The number of rotatable bonds is 4. The topological polar surface area (TPSA) is 41.3 Å². The minimum atomic E-state index is 0.195. The summed E-state index contributed by atoms with van der Waals surface area (Å²) < 4.78 is 1.98. The number of hydrogen-bond acceptors (Lipinski definition) is 3. The van der Waals surface area contributed by atoms with Gasteiger partial charge in [0.1, 0.15) is 5.82 Å². The highest BCUT2D eigenvalue weighted by Gasteiger charge is 2.02. The number of nitrogens with zero attached hydrogens (tertiary/aromatic N) is 3. The van der Waals surface area contributed by atoms with Gasteiger partial charge in [-0.3, -0.25) is 4.90 Å². The standard InChI is InChI=1S/C8H15N3O/c1-10(5-6-12)7-8-9-3-4-11(8)2/h3-4,12H,5-7H2,1-2H3. The van der Waals surface area contributed by atoms with Crippen molar-refractivity contribution >= 4 is 0 Å². The molecule has 1 heterocycles. The summed E-state index contributed by atoms with van der Waals surface area (Å²) in [5.74, 6) is 1.02. The van der Waals surface area contributed by atoms with Crippen LogP contribution in [0.4, 0.5) is 0 Å². The summed E-state index contributed by atoms with van der Waals surface area (Å²) in [5, 5.41) is 8.67. The van der Waals surface area contributed by atoms with E-state index in [-0.39, 0.29) is 6.61 Å². The van der Waals surface area contributed by atoms with Crippen LogP contribution in [0, 0.1) is 0 Å². The van der Waals surface area contributed by atoms with Crippen LogP contribution >= 0.6 is 0 Å². The van der Waals surface area contributed by atoms with Crippen molar-refractivity contribution in [1.29, 1.82) is 0 Å². The zero-order valence-electron chi connectivity index (χ0n) is 7.56. The summed E-state index contributed by atoms with van der Waals surface area (Å²) in [5.41, 5.74) is 0. The Kier molecular flexibility index (Phi) is 3.25. The summed E-state index contributed by atoms with van der Waals surface area (Å²) in [6.07, 6.45) is 3.70. The molecule has 0 atom stereocenters. The Bertz CT molecular complexity index is 234. The highest BCUT2D eigenvalue weighted by Crippen LogP contribution is 1.97. The van der Waals surface area contributed by atoms with E-state index in [2.05, 4.69) is 4.98 Å². The third kappa shape index (κ3) is 2.32. The summed E-state index contributed by atoms with van der Waals surface area (Å²) in [7, 11) is 3.93. The van der Waals surface area contributed by atoms with Crippen molar-refractivity contribution in [3.8, 4) is 0 Å². The van der Waals surface area contributed by atoms with Crippen molar-refractivity contribution in [3.63, 3.8) is 0 Å². The molecule has 0 aliphatic heterocycles. The minimum absolute atomic E-state index is 0.195. The zero-order chi connectivity index (χ0) is 8.97. The van der Waals surface area contributed by atoms with E-state index < -0.39 is 0 Å². The van der Waals surface area contributed by atoms with Gasteiger partial charge >= 0.3 is 0 Å². The van der Waals surface area contributed by atoms with Gasteiger partial charge in [-0.2, -0.15) is 0 Å². The average Bonchev–Trinajstić information content (AvgIpc) is 2.37. The first-order chi connectivity index (χ1) is 5.74. The van der Waals surface area contributed by atoms with E-state index in [0.29, 0.717) is 6.54 Å². The molecule has 4 nitrogen and oxygen atoms in total. The first-order valence-corrected chi connectivity index (χ1v) is 3.99. The molecule has 0 amide bonds. The molecule has 0 bridgehead atoms. The van der Waals surface area contributed by atoms with Crippen molar-refractivity contribution in [2.75, 3.05) is 20.2 Å². The van der Waals surface area contributed by atoms with Crippen molar-refractivity contribution in [3.05, 3.63) is 18.2 Å². The summed E-state index contributed by atoms with van der Waals surface area (Å²) in [6.45, 7) is 1.66. The lowest BCUT2D eigenvalue weighted by molar-refractivity contribution is 0.213. The molecule has 1 aromatic heterocycles. The van der Waals surface area contributed by atoms with Crippen LogP contribution in [0.25, 0.3) is 0 Å². The van der Waals surface area contributed by atoms with Gasteiger partial charge in [-0.25, -0.2) is 4.98 Å². The maximum atomic E-state index is 8.67. The second kappa shape index (κ2) is 4.23. The van der Waals surface area contributed by atoms with Gasteiger partial charge in [-0.05, 0) is 7.05 Å². The molecule has 0 unspecified atom stereocenters. The Labute approximate surface area is 72.4 Å².